The summed E-state index contributed by atoms with van der Waals surface area (Å²) in [6.45, 7) is 0.481. The van der Waals surface area contributed by atoms with Gasteiger partial charge in [0.15, 0.2) is 0 Å². The van der Waals surface area contributed by atoms with Crippen LogP contribution >= 0.6 is 7.82 Å². The molecule has 5 heteroatoms. The summed E-state index contributed by atoms with van der Waals surface area (Å²) in [5.41, 5.74) is 2.54. The van der Waals surface area contributed by atoms with Crippen molar-refractivity contribution in [1.82, 2.24) is 0 Å². The van der Waals surface area contributed by atoms with Gasteiger partial charge in [0.2, 0.25) is 0 Å². The van der Waals surface area contributed by atoms with Gasteiger partial charge in [-0.3, -0.25) is 9.05 Å². The molecular formula is C20H27O4P. The smallest absolute Gasteiger partial charge is 0.302 e. The highest BCUT2D eigenvalue weighted by Crippen LogP contribution is 2.43. The second kappa shape index (κ2) is 11.2. The minimum absolute atomic E-state index is 0.241. The Labute approximate surface area is 150 Å². The van der Waals surface area contributed by atoms with E-state index in [0.717, 1.165) is 38.5 Å². The average Bonchev–Trinajstić information content (AvgIpc) is 2.63. The van der Waals surface area contributed by atoms with Crippen molar-refractivity contribution in [3.63, 3.8) is 0 Å². The monoisotopic (exact) mass is 362 g/mol. The molecule has 0 unspecified atom stereocenters. The summed E-state index contributed by atoms with van der Waals surface area (Å²) in [5, 5.41) is 0. The summed E-state index contributed by atoms with van der Waals surface area (Å²) in [5.74, 6) is 0. The Balaban J connectivity index is 1.50. The normalized spacial score (nSPS) is 11.6. The van der Waals surface area contributed by atoms with Crippen molar-refractivity contribution in [3.8, 4) is 0 Å². The molecule has 0 aliphatic carbocycles. The molecule has 0 aromatic heterocycles. The Morgan fingerprint density at radius 2 is 1.08 bits per heavy atom. The van der Waals surface area contributed by atoms with Gasteiger partial charge < -0.3 is 4.89 Å². The minimum Gasteiger partial charge on any atom is -0.302 e. The molecule has 0 fully saturated rings. The molecule has 0 amide bonds. The summed E-state index contributed by atoms with van der Waals surface area (Å²) < 4.78 is 21.8. The number of aryl methyl sites for hydroxylation is 2. The lowest BCUT2D eigenvalue weighted by molar-refractivity contribution is 0.145. The van der Waals surface area contributed by atoms with Crippen molar-refractivity contribution >= 4 is 7.82 Å². The summed E-state index contributed by atoms with van der Waals surface area (Å²) >= 11 is 0. The second-order valence-electron chi connectivity index (χ2n) is 6.02. The van der Waals surface area contributed by atoms with Crippen LogP contribution in [0.2, 0.25) is 0 Å². The third-order valence-electron chi connectivity index (χ3n) is 3.91. The zero-order chi connectivity index (χ0) is 17.8. The first kappa shape index (κ1) is 19.9. The Morgan fingerprint density at radius 3 is 1.48 bits per heavy atom. The van der Waals surface area contributed by atoms with Crippen LogP contribution in [0.3, 0.4) is 0 Å². The number of hydrogen-bond donors (Lipinski definition) is 1. The van der Waals surface area contributed by atoms with Gasteiger partial charge in [-0.05, 0) is 49.7 Å². The van der Waals surface area contributed by atoms with Crippen LogP contribution in [0, 0.1) is 0 Å². The molecule has 0 aliphatic heterocycles. The summed E-state index contributed by atoms with van der Waals surface area (Å²) in [7, 11) is -3.92. The fourth-order valence-corrected chi connectivity index (χ4v) is 3.34. The van der Waals surface area contributed by atoms with Crippen LogP contribution in [0.4, 0.5) is 0 Å². The van der Waals surface area contributed by atoms with Crippen molar-refractivity contribution in [2.24, 2.45) is 0 Å². The van der Waals surface area contributed by atoms with E-state index in [1.54, 1.807) is 0 Å². The van der Waals surface area contributed by atoms with E-state index < -0.39 is 7.82 Å². The van der Waals surface area contributed by atoms with Crippen molar-refractivity contribution in [2.45, 2.75) is 38.5 Å². The lowest BCUT2D eigenvalue weighted by Crippen LogP contribution is -2.00. The maximum atomic E-state index is 11.8. The lowest BCUT2D eigenvalue weighted by Gasteiger charge is -2.12. The van der Waals surface area contributed by atoms with E-state index in [1.807, 2.05) is 36.4 Å². The molecule has 2 aromatic rings. The highest BCUT2D eigenvalue weighted by atomic mass is 31.2. The van der Waals surface area contributed by atoms with Gasteiger partial charge in [-0.25, -0.2) is 4.57 Å². The SMILES string of the molecule is O=P(O)(OCCCCc1ccccc1)OCCCCc1ccccc1. The first-order chi connectivity index (χ1) is 12.2. The van der Waals surface area contributed by atoms with E-state index in [0.29, 0.717) is 0 Å². The Bertz CT molecular complexity index is 577. The fraction of sp³-hybridized carbons (Fsp3) is 0.400. The Hall–Kier alpha value is -1.45. The number of benzene rings is 2. The predicted molar refractivity (Wildman–Crippen MR) is 100 cm³/mol. The maximum Gasteiger partial charge on any atom is 0.472 e. The number of rotatable bonds is 12. The predicted octanol–water partition coefficient (Wildman–Crippen LogP) is 5.17. The number of phosphoric ester groups is 1. The van der Waals surface area contributed by atoms with Crippen molar-refractivity contribution < 1.29 is 18.5 Å². The van der Waals surface area contributed by atoms with E-state index in [4.69, 9.17) is 9.05 Å². The van der Waals surface area contributed by atoms with Gasteiger partial charge >= 0.3 is 7.82 Å². The summed E-state index contributed by atoms with van der Waals surface area (Å²) in [6.07, 6.45) is 5.19. The fourth-order valence-electron chi connectivity index (χ4n) is 2.55. The molecule has 25 heavy (non-hydrogen) atoms. The van der Waals surface area contributed by atoms with Crippen LogP contribution in [0.1, 0.15) is 36.8 Å². The molecule has 2 aromatic carbocycles. The number of phosphoric acid groups is 1. The molecule has 2 rings (SSSR count). The zero-order valence-electron chi connectivity index (χ0n) is 14.5. The van der Waals surface area contributed by atoms with Gasteiger partial charge in [-0.15, -0.1) is 0 Å². The molecule has 136 valence electrons. The summed E-state index contributed by atoms with van der Waals surface area (Å²) in [6, 6.07) is 20.4. The Kier molecular flexibility index (Phi) is 8.92. The minimum atomic E-state index is -3.92. The third kappa shape index (κ3) is 8.99. The Morgan fingerprint density at radius 1 is 0.680 bits per heavy atom. The maximum absolute atomic E-state index is 11.8. The van der Waals surface area contributed by atoms with Gasteiger partial charge in [0.25, 0.3) is 0 Å². The highest BCUT2D eigenvalue weighted by molar-refractivity contribution is 7.47. The van der Waals surface area contributed by atoms with Crippen LogP contribution < -0.4 is 0 Å². The molecule has 0 atom stereocenters. The molecule has 0 heterocycles. The van der Waals surface area contributed by atoms with E-state index in [-0.39, 0.29) is 13.2 Å². The summed E-state index contributed by atoms with van der Waals surface area (Å²) in [4.78, 5) is 9.66. The van der Waals surface area contributed by atoms with Crippen LogP contribution in [0.15, 0.2) is 60.7 Å². The van der Waals surface area contributed by atoms with Gasteiger partial charge in [0.1, 0.15) is 0 Å². The van der Waals surface area contributed by atoms with Crippen LogP contribution in [0.5, 0.6) is 0 Å². The van der Waals surface area contributed by atoms with E-state index in [9.17, 15) is 9.46 Å². The first-order valence-corrected chi connectivity index (χ1v) is 10.3. The van der Waals surface area contributed by atoms with Gasteiger partial charge in [-0.2, -0.15) is 0 Å². The van der Waals surface area contributed by atoms with E-state index in [2.05, 4.69) is 24.3 Å². The van der Waals surface area contributed by atoms with Gasteiger partial charge in [0, 0.05) is 0 Å². The van der Waals surface area contributed by atoms with Gasteiger partial charge in [-0.1, -0.05) is 60.7 Å². The average molecular weight is 362 g/mol. The van der Waals surface area contributed by atoms with Crippen LogP contribution in [-0.4, -0.2) is 18.1 Å². The highest BCUT2D eigenvalue weighted by Gasteiger charge is 2.19. The molecule has 0 radical (unpaired) electrons. The molecule has 0 bridgehead atoms. The van der Waals surface area contributed by atoms with Crippen molar-refractivity contribution in [2.75, 3.05) is 13.2 Å². The molecule has 0 aliphatic rings. The van der Waals surface area contributed by atoms with Crippen LogP contribution in [-0.2, 0) is 26.5 Å². The molecule has 1 N–H and O–H groups in total. The second-order valence-corrected chi connectivity index (χ2v) is 7.47. The molecule has 0 saturated carbocycles. The van der Waals surface area contributed by atoms with Gasteiger partial charge in [0.05, 0.1) is 13.2 Å². The molecular weight excluding hydrogens is 335 g/mol. The largest absolute Gasteiger partial charge is 0.472 e. The van der Waals surface area contributed by atoms with E-state index in [1.165, 1.54) is 11.1 Å². The molecule has 0 spiro atoms. The van der Waals surface area contributed by atoms with Crippen molar-refractivity contribution in [3.05, 3.63) is 71.8 Å². The number of hydrogen-bond acceptors (Lipinski definition) is 3. The zero-order valence-corrected chi connectivity index (χ0v) is 15.4. The standard InChI is InChI=1S/C20H27O4P/c21-25(22,23-17-9-7-15-19-11-3-1-4-12-19)24-18-10-8-16-20-13-5-2-6-14-20/h1-6,11-14H,7-10,15-18H2,(H,21,22). The third-order valence-corrected chi connectivity index (χ3v) is 4.93. The topological polar surface area (TPSA) is 55.8 Å². The van der Waals surface area contributed by atoms with Crippen molar-refractivity contribution in [1.29, 1.82) is 0 Å². The first-order valence-electron chi connectivity index (χ1n) is 8.85. The molecule has 4 nitrogen and oxygen atoms in total. The lowest BCUT2D eigenvalue weighted by atomic mass is 10.1. The van der Waals surface area contributed by atoms with Crippen LogP contribution in [0.25, 0.3) is 0 Å². The quantitative estimate of drug-likeness (QED) is 0.418. The van der Waals surface area contributed by atoms with E-state index >= 15 is 0 Å². The number of unbranched alkanes of at least 4 members (excludes halogenated alkanes) is 2. The molecule has 0 saturated heterocycles.